The fourth-order valence-corrected chi connectivity index (χ4v) is 2.76. The molecular formula is C19H13N5O2. The average Bonchev–Trinajstić information content (AvgIpc) is 3.30. The molecule has 3 aromatic heterocycles. The maximum atomic E-state index is 12.5. The van der Waals surface area contributed by atoms with Crippen LogP contribution in [0.5, 0.6) is 0 Å². The van der Waals surface area contributed by atoms with Crippen molar-refractivity contribution in [1.29, 1.82) is 5.26 Å². The number of nitrogens with zero attached hydrogens (tertiary/aromatic N) is 3. The van der Waals surface area contributed by atoms with Crippen molar-refractivity contribution < 1.29 is 9.21 Å². The number of hydrogen-bond donors (Lipinski definition) is 2. The van der Waals surface area contributed by atoms with Crippen LogP contribution in [-0.2, 0) is 0 Å². The zero-order chi connectivity index (χ0) is 18.1. The van der Waals surface area contributed by atoms with Crippen molar-refractivity contribution in [1.82, 2.24) is 15.2 Å². The van der Waals surface area contributed by atoms with E-state index in [0.717, 1.165) is 22.2 Å². The van der Waals surface area contributed by atoms with Crippen LogP contribution in [0.1, 0.15) is 21.7 Å². The van der Waals surface area contributed by atoms with E-state index in [9.17, 15) is 4.79 Å². The largest absolute Gasteiger partial charge is 0.472 e. The Morgan fingerprint density at radius 3 is 2.92 bits per heavy atom. The summed E-state index contributed by atoms with van der Waals surface area (Å²) in [5.74, 6) is -0.377. The lowest BCUT2D eigenvalue weighted by Gasteiger charge is -2.06. The standard InChI is InChI=1S/C19H13N5O2/c1-11-6-12(9-20)7-17(21-11)19(25)22-14-2-3-16-15(8-14)18(24-23-16)13-4-5-26-10-13/h2-8,10H,1H3,(H,22,25)(H,23,24). The summed E-state index contributed by atoms with van der Waals surface area (Å²) < 4.78 is 5.11. The van der Waals surface area contributed by atoms with Gasteiger partial charge >= 0.3 is 0 Å². The van der Waals surface area contributed by atoms with E-state index in [0.29, 0.717) is 16.9 Å². The summed E-state index contributed by atoms with van der Waals surface area (Å²) in [5.41, 5.74) is 4.25. The first-order valence-electron chi connectivity index (χ1n) is 7.85. The third-order valence-corrected chi connectivity index (χ3v) is 3.93. The number of hydrogen-bond acceptors (Lipinski definition) is 5. The monoisotopic (exact) mass is 343 g/mol. The molecule has 4 rings (SSSR count). The van der Waals surface area contributed by atoms with E-state index >= 15 is 0 Å². The van der Waals surface area contributed by atoms with Gasteiger partial charge < -0.3 is 9.73 Å². The molecule has 0 aliphatic heterocycles. The minimum atomic E-state index is -0.377. The summed E-state index contributed by atoms with van der Waals surface area (Å²) >= 11 is 0. The fourth-order valence-electron chi connectivity index (χ4n) is 2.76. The van der Waals surface area contributed by atoms with Gasteiger partial charge in [-0.15, -0.1) is 0 Å². The summed E-state index contributed by atoms with van der Waals surface area (Å²) in [4.78, 5) is 16.7. The summed E-state index contributed by atoms with van der Waals surface area (Å²) in [6.45, 7) is 1.74. The normalized spacial score (nSPS) is 10.6. The number of nitriles is 1. The molecule has 0 spiro atoms. The number of carbonyl (C=O) groups is 1. The number of rotatable bonds is 3. The molecule has 26 heavy (non-hydrogen) atoms. The zero-order valence-corrected chi connectivity index (χ0v) is 13.8. The Balaban J connectivity index is 1.67. The molecular weight excluding hydrogens is 330 g/mol. The molecule has 0 saturated heterocycles. The zero-order valence-electron chi connectivity index (χ0n) is 13.8. The number of benzene rings is 1. The molecule has 1 amide bonds. The average molecular weight is 343 g/mol. The van der Waals surface area contributed by atoms with Gasteiger partial charge in [0.2, 0.25) is 0 Å². The quantitative estimate of drug-likeness (QED) is 0.590. The van der Waals surface area contributed by atoms with Crippen molar-refractivity contribution in [3.05, 3.63) is 65.9 Å². The highest BCUT2D eigenvalue weighted by atomic mass is 16.3. The van der Waals surface area contributed by atoms with Crippen LogP contribution in [-0.4, -0.2) is 21.1 Å². The van der Waals surface area contributed by atoms with Crippen molar-refractivity contribution in [2.24, 2.45) is 0 Å². The molecule has 0 radical (unpaired) electrons. The Kier molecular flexibility index (Phi) is 3.71. The minimum Gasteiger partial charge on any atom is -0.472 e. The van der Waals surface area contributed by atoms with E-state index in [-0.39, 0.29) is 11.6 Å². The second-order valence-corrected chi connectivity index (χ2v) is 5.79. The summed E-state index contributed by atoms with van der Waals surface area (Å²) in [6.07, 6.45) is 3.19. The fraction of sp³-hybridized carbons (Fsp3) is 0.0526. The number of anilines is 1. The van der Waals surface area contributed by atoms with Crippen LogP contribution in [0.25, 0.3) is 22.2 Å². The second kappa shape index (κ2) is 6.18. The van der Waals surface area contributed by atoms with Gasteiger partial charge in [-0.2, -0.15) is 10.4 Å². The maximum Gasteiger partial charge on any atom is 0.274 e. The SMILES string of the molecule is Cc1cc(C#N)cc(C(=O)Nc2ccc3[nH]nc(-c4ccoc4)c3c2)n1. The lowest BCUT2D eigenvalue weighted by Crippen LogP contribution is -2.14. The van der Waals surface area contributed by atoms with E-state index < -0.39 is 0 Å². The molecule has 0 aliphatic rings. The summed E-state index contributed by atoms with van der Waals surface area (Å²) in [7, 11) is 0. The Morgan fingerprint density at radius 1 is 1.27 bits per heavy atom. The van der Waals surface area contributed by atoms with E-state index in [2.05, 4.69) is 20.5 Å². The third-order valence-electron chi connectivity index (χ3n) is 3.93. The van der Waals surface area contributed by atoms with Crippen LogP contribution < -0.4 is 5.32 Å². The Labute approximate surface area is 148 Å². The van der Waals surface area contributed by atoms with Crippen molar-refractivity contribution in [3.8, 4) is 17.3 Å². The molecule has 7 nitrogen and oxygen atoms in total. The van der Waals surface area contributed by atoms with Crippen LogP contribution in [0.2, 0.25) is 0 Å². The lowest BCUT2D eigenvalue weighted by atomic mass is 10.1. The number of furan rings is 1. The smallest absolute Gasteiger partial charge is 0.274 e. The second-order valence-electron chi connectivity index (χ2n) is 5.79. The number of H-pyrrole nitrogens is 1. The first-order valence-corrected chi connectivity index (χ1v) is 7.85. The molecule has 0 fully saturated rings. The number of aromatic amines is 1. The predicted octanol–water partition coefficient (Wildman–Crippen LogP) is 3.65. The van der Waals surface area contributed by atoms with Gasteiger partial charge in [-0.25, -0.2) is 4.98 Å². The van der Waals surface area contributed by atoms with Crippen LogP contribution >= 0.6 is 0 Å². The number of carbonyl (C=O) groups excluding carboxylic acids is 1. The van der Waals surface area contributed by atoms with E-state index in [1.807, 2.05) is 24.3 Å². The van der Waals surface area contributed by atoms with Gasteiger partial charge in [0.15, 0.2) is 0 Å². The van der Waals surface area contributed by atoms with Crippen molar-refractivity contribution in [3.63, 3.8) is 0 Å². The summed E-state index contributed by atoms with van der Waals surface area (Å²) in [5, 5.41) is 20.0. The van der Waals surface area contributed by atoms with Gasteiger partial charge in [0.25, 0.3) is 5.91 Å². The van der Waals surface area contributed by atoms with Crippen molar-refractivity contribution >= 4 is 22.5 Å². The number of nitrogens with one attached hydrogen (secondary N) is 2. The van der Waals surface area contributed by atoms with Crippen LogP contribution in [0.3, 0.4) is 0 Å². The van der Waals surface area contributed by atoms with E-state index in [4.69, 9.17) is 9.68 Å². The van der Waals surface area contributed by atoms with E-state index in [1.165, 1.54) is 6.07 Å². The van der Waals surface area contributed by atoms with Crippen molar-refractivity contribution in [2.45, 2.75) is 6.92 Å². The van der Waals surface area contributed by atoms with Crippen LogP contribution in [0, 0.1) is 18.3 Å². The first-order chi connectivity index (χ1) is 12.6. The molecule has 0 saturated carbocycles. The number of pyridine rings is 1. The Bertz CT molecular complexity index is 1150. The van der Waals surface area contributed by atoms with Crippen LogP contribution in [0.15, 0.2) is 53.3 Å². The number of fused-ring (bicyclic) bond motifs is 1. The number of amides is 1. The topological polar surface area (TPSA) is 108 Å². The molecule has 0 bridgehead atoms. The molecule has 4 aromatic rings. The summed E-state index contributed by atoms with van der Waals surface area (Å²) in [6, 6.07) is 12.4. The molecule has 1 aromatic carbocycles. The Hall–Kier alpha value is -3.92. The maximum absolute atomic E-state index is 12.5. The molecule has 0 atom stereocenters. The molecule has 0 unspecified atom stereocenters. The van der Waals surface area contributed by atoms with Crippen molar-refractivity contribution in [2.75, 3.05) is 5.32 Å². The highest BCUT2D eigenvalue weighted by Crippen LogP contribution is 2.28. The van der Waals surface area contributed by atoms with Gasteiger partial charge in [-0.3, -0.25) is 9.89 Å². The predicted molar refractivity (Wildman–Crippen MR) is 95.4 cm³/mol. The third kappa shape index (κ3) is 2.80. The van der Waals surface area contributed by atoms with Crippen LogP contribution in [0.4, 0.5) is 5.69 Å². The molecule has 0 aliphatic carbocycles. The van der Waals surface area contributed by atoms with Gasteiger partial charge in [0, 0.05) is 22.3 Å². The van der Waals surface area contributed by atoms with Gasteiger partial charge in [0.05, 0.1) is 29.7 Å². The molecule has 3 heterocycles. The molecule has 2 N–H and O–H groups in total. The Morgan fingerprint density at radius 2 is 2.15 bits per heavy atom. The number of aryl methyl sites for hydroxylation is 1. The number of aromatic nitrogens is 3. The highest BCUT2D eigenvalue weighted by Gasteiger charge is 2.13. The van der Waals surface area contributed by atoms with Gasteiger partial charge in [-0.1, -0.05) is 0 Å². The first kappa shape index (κ1) is 15.6. The van der Waals surface area contributed by atoms with Gasteiger partial charge in [0.1, 0.15) is 11.4 Å². The highest BCUT2D eigenvalue weighted by molar-refractivity contribution is 6.05. The minimum absolute atomic E-state index is 0.198. The van der Waals surface area contributed by atoms with Gasteiger partial charge in [-0.05, 0) is 43.3 Å². The molecule has 126 valence electrons. The lowest BCUT2D eigenvalue weighted by molar-refractivity contribution is 0.102. The van der Waals surface area contributed by atoms with E-state index in [1.54, 1.807) is 31.6 Å². The molecule has 7 heteroatoms.